The molecule has 0 aromatic heterocycles. The third-order valence-corrected chi connectivity index (χ3v) is 4.35. The van der Waals surface area contributed by atoms with Crippen LogP contribution in [0.15, 0.2) is 28.7 Å². The molecule has 1 amide bonds. The van der Waals surface area contributed by atoms with Crippen LogP contribution in [-0.2, 0) is 4.79 Å². The first-order valence-electron chi connectivity index (χ1n) is 6.54. The lowest BCUT2D eigenvalue weighted by Crippen LogP contribution is -2.33. The van der Waals surface area contributed by atoms with E-state index in [1.165, 1.54) is 0 Å². The van der Waals surface area contributed by atoms with Crippen LogP contribution < -0.4 is 4.74 Å². The number of hydrogen-bond donors (Lipinski definition) is 0. The maximum absolute atomic E-state index is 11.9. The molecule has 1 aromatic rings. The van der Waals surface area contributed by atoms with Gasteiger partial charge in [0.2, 0.25) is 5.91 Å². The molecule has 1 aromatic carbocycles. The number of benzene rings is 1. The molecule has 0 aliphatic carbocycles. The molecule has 0 atom stereocenters. The van der Waals surface area contributed by atoms with Crippen molar-refractivity contribution in [3.63, 3.8) is 0 Å². The minimum atomic E-state index is 0.116. The highest BCUT2D eigenvalue weighted by Gasteiger charge is 2.15. The summed E-state index contributed by atoms with van der Waals surface area (Å²) in [4.78, 5) is 13.6. The summed E-state index contributed by atoms with van der Waals surface area (Å²) >= 11 is 5.04. The van der Waals surface area contributed by atoms with Crippen LogP contribution in [0.4, 0.5) is 0 Å². The lowest BCUT2D eigenvalue weighted by atomic mass is 10.3. The zero-order chi connectivity index (χ0) is 15.2. The molecule has 3 nitrogen and oxygen atoms in total. The average Bonchev–Trinajstić information content (AvgIpc) is 2.37. The molecule has 0 aliphatic heterocycles. The standard InChI is InChI=1S/C15H22BrNO2S/c1-15(2,3)20-11-14(18)17(4)9-10-19-13-7-5-12(16)6-8-13/h5-8H,9-11H2,1-4H3. The number of thioether (sulfide) groups is 1. The first-order valence-corrected chi connectivity index (χ1v) is 8.32. The fraction of sp³-hybridized carbons (Fsp3) is 0.533. The summed E-state index contributed by atoms with van der Waals surface area (Å²) in [6.45, 7) is 7.44. The predicted molar refractivity (Wildman–Crippen MR) is 89.5 cm³/mol. The Morgan fingerprint density at radius 3 is 2.45 bits per heavy atom. The Kier molecular flexibility index (Phi) is 6.89. The van der Waals surface area contributed by atoms with Gasteiger partial charge in [0.25, 0.3) is 0 Å². The molecule has 0 N–H and O–H groups in total. The molecular weight excluding hydrogens is 338 g/mol. The smallest absolute Gasteiger partial charge is 0.232 e. The number of rotatable bonds is 6. The van der Waals surface area contributed by atoms with E-state index in [1.807, 2.05) is 31.3 Å². The normalized spacial score (nSPS) is 11.2. The van der Waals surface area contributed by atoms with Crippen LogP contribution in [0, 0.1) is 0 Å². The molecule has 0 spiro atoms. The third kappa shape index (κ3) is 7.20. The van der Waals surface area contributed by atoms with Gasteiger partial charge in [0.1, 0.15) is 12.4 Å². The maximum atomic E-state index is 11.9. The van der Waals surface area contributed by atoms with E-state index >= 15 is 0 Å². The fourth-order valence-corrected chi connectivity index (χ4v) is 2.39. The largest absolute Gasteiger partial charge is 0.492 e. The molecule has 0 saturated heterocycles. The molecule has 0 bridgehead atoms. The summed E-state index contributed by atoms with van der Waals surface area (Å²) in [6.07, 6.45) is 0. The van der Waals surface area contributed by atoms with Crippen molar-refractivity contribution in [2.75, 3.05) is 26.0 Å². The van der Waals surface area contributed by atoms with Gasteiger partial charge in [0.15, 0.2) is 0 Å². The Hall–Kier alpha value is -0.680. The van der Waals surface area contributed by atoms with E-state index in [-0.39, 0.29) is 10.7 Å². The number of hydrogen-bond acceptors (Lipinski definition) is 3. The summed E-state index contributed by atoms with van der Waals surface area (Å²) in [5.41, 5.74) is 0. The highest BCUT2D eigenvalue weighted by Crippen LogP contribution is 2.23. The van der Waals surface area contributed by atoms with Gasteiger partial charge in [-0.15, -0.1) is 11.8 Å². The van der Waals surface area contributed by atoms with E-state index in [2.05, 4.69) is 36.7 Å². The Bertz CT molecular complexity index is 428. The zero-order valence-corrected chi connectivity index (χ0v) is 14.9. The van der Waals surface area contributed by atoms with Gasteiger partial charge in [0.05, 0.1) is 12.3 Å². The molecule has 0 aliphatic rings. The second-order valence-electron chi connectivity index (χ2n) is 5.52. The first-order chi connectivity index (χ1) is 9.28. The minimum absolute atomic E-state index is 0.116. The van der Waals surface area contributed by atoms with Gasteiger partial charge in [-0.25, -0.2) is 0 Å². The molecule has 20 heavy (non-hydrogen) atoms. The van der Waals surface area contributed by atoms with E-state index < -0.39 is 0 Å². The second kappa shape index (κ2) is 7.93. The number of carbonyl (C=O) groups is 1. The number of carbonyl (C=O) groups excluding carboxylic acids is 1. The lowest BCUT2D eigenvalue weighted by molar-refractivity contribution is -0.127. The first kappa shape index (κ1) is 17.4. The highest BCUT2D eigenvalue weighted by molar-refractivity contribution is 9.10. The fourth-order valence-electron chi connectivity index (χ4n) is 1.34. The molecule has 0 fully saturated rings. The van der Waals surface area contributed by atoms with E-state index in [1.54, 1.807) is 16.7 Å². The van der Waals surface area contributed by atoms with Crippen molar-refractivity contribution in [3.8, 4) is 5.75 Å². The Morgan fingerprint density at radius 2 is 1.90 bits per heavy atom. The highest BCUT2D eigenvalue weighted by atomic mass is 79.9. The van der Waals surface area contributed by atoms with Crippen molar-refractivity contribution in [3.05, 3.63) is 28.7 Å². The summed E-state index contributed by atoms with van der Waals surface area (Å²) in [5, 5.41) is 0. The van der Waals surface area contributed by atoms with Crippen molar-refractivity contribution in [1.29, 1.82) is 0 Å². The van der Waals surface area contributed by atoms with Crippen LogP contribution in [-0.4, -0.2) is 41.5 Å². The Morgan fingerprint density at radius 1 is 1.30 bits per heavy atom. The van der Waals surface area contributed by atoms with E-state index in [4.69, 9.17) is 4.74 Å². The summed E-state index contributed by atoms with van der Waals surface area (Å²) in [5.74, 6) is 1.47. The molecular formula is C15H22BrNO2S. The minimum Gasteiger partial charge on any atom is -0.492 e. The van der Waals surface area contributed by atoms with Gasteiger partial charge in [-0.3, -0.25) is 4.79 Å². The molecule has 112 valence electrons. The van der Waals surface area contributed by atoms with Crippen LogP contribution in [0.1, 0.15) is 20.8 Å². The van der Waals surface area contributed by atoms with Crippen molar-refractivity contribution in [1.82, 2.24) is 4.90 Å². The quantitative estimate of drug-likeness (QED) is 0.773. The third-order valence-electron chi connectivity index (χ3n) is 2.56. The summed E-state index contributed by atoms with van der Waals surface area (Å²) < 4.78 is 6.75. The van der Waals surface area contributed by atoms with Crippen LogP contribution in [0.3, 0.4) is 0 Å². The topological polar surface area (TPSA) is 29.5 Å². The Labute approximate surface area is 134 Å². The summed E-state index contributed by atoms with van der Waals surface area (Å²) in [7, 11) is 1.82. The molecule has 5 heteroatoms. The molecule has 0 heterocycles. The van der Waals surface area contributed by atoms with Crippen LogP contribution in [0.5, 0.6) is 5.75 Å². The van der Waals surface area contributed by atoms with Crippen LogP contribution >= 0.6 is 27.7 Å². The van der Waals surface area contributed by atoms with Gasteiger partial charge < -0.3 is 9.64 Å². The number of halogens is 1. The van der Waals surface area contributed by atoms with Crippen molar-refractivity contribution >= 4 is 33.6 Å². The van der Waals surface area contributed by atoms with E-state index in [0.717, 1.165) is 10.2 Å². The van der Waals surface area contributed by atoms with Crippen molar-refractivity contribution in [2.45, 2.75) is 25.5 Å². The molecule has 0 saturated carbocycles. The van der Waals surface area contributed by atoms with Gasteiger partial charge >= 0.3 is 0 Å². The average molecular weight is 360 g/mol. The van der Waals surface area contributed by atoms with Crippen LogP contribution in [0.2, 0.25) is 0 Å². The SMILES string of the molecule is CN(CCOc1ccc(Br)cc1)C(=O)CSC(C)(C)C. The van der Waals surface area contributed by atoms with Gasteiger partial charge in [-0.05, 0) is 24.3 Å². The zero-order valence-electron chi connectivity index (χ0n) is 12.5. The van der Waals surface area contributed by atoms with Crippen molar-refractivity contribution in [2.24, 2.45) is 0 Å². The number of ether oxygens (including phenoxy) is 1. The van der Waals surface area contributed by atoms with Crippen molar-refractivity contribution < 1.29 is 9.53 Å². The molecule has 1 rings (SSSR count). The van der Waals surface area contributed by atoms with E-state index in [0.29, 0.717) is 18.9 Å². The predicted octanol–water partition coefficient (Wildman–Crippen LogP) is 3.82. The molecule has 0 unspecified atom stereocenters. The summed E-state index contributed by atoms with van der Waals surface area (Å²) in [6, 6.07) is 7.68. The second-order valence-corrected chi connectivity index (χ2v) is 8.24. The number of nitrogens with zero attached hydrogens (tertiary/aromatic N) is 1. The van der Waals surface area contributed by atoms with E-state index in [9.17, 15) is 4.79 Å². The van der Waals surface area contributed by atoms with Gasteiger partial charge in [-0.1, -0.05) is 36.7 Å². The monoisotopic (exact) mass is 359 g/mol. The van der Waals surface area contributed by atoms with Gasteiger partial charge in [0, 0.05) is 16.3 Å². The number of likely N-dealkylation sites (N-methyl/N-ethyl adjacent to an activating group) is 1. The maximum Gasteiger partial charge on any atom is 0.232 e. The molecule has 0 radical (unpaired) electrons. The number of amides is 1. The van der Waals surface area contributed by atoms with Gasteiger partial charge in [-0.2, -0.15) is 0 Å². The van der Waals surface area contributed by atoms with Crippen LogP contribution in [0.25, 0.3) is 0 Å². The Balaban J connectivity index is 2.27. The lowest BCUT2D eigenvalue weighted by Gasteiger charge is -2.21.